The zero-order valence-corrected chi connectivity index (χ0v) is 20.2. The van der Waals surface area contributed by atoms with Gasteiger partial charge in [0.05, 0.1) is 17.6 Å². The highest BCUT2D eigenvalue weighted by atomic mass is 32.2. The van der Waals surface area contributed by atoms with Crippen LogP contribution in [0.4, 0.5) is 4.79 Å². The minimum atomic E-state index is -1.44. The lowest BCUT2D eigenvalue weighted by molar-refractivity contribution is -0.137. The molecule has 0 atom stereocenters. The molecule has 2 N–H and O–H groups in total. The van der Waals surface area contributed by atoms with Gasteiger partial charge in [-0.1, -0.05) is 103 Å². The van der Waals surface area contributed by atoms with Gasteiger partial charge in [0, 0.05) is 7.05 Å². The third-order valence-electron chi connectivity index (χ3n) is 6.02. The molecule has 180 valence electrons. The van der Waals surface area contributed by atoms with Crippen molar-refractivity contribution < 1.29 is 14.4 Å². The Bertz CT molecular complexity index is 1370. The van der Waals surface area contributed by atoms with Crippen LogP contribution in [0.15, 0.2) is 102 Å². The number of hydrogen-bond donors (Lipinski definition) is 2. The van der Waals surface area contributed by atoms with Crippen LogP contribution in [-0.2, 0) is 22.2 Å². The molecule has 1 aliphatic heterocycles. The summed E-state index contributed by atoms with van der Waals surface area (Å²) in [6, 6.07) is 27.1. The minimum Gasteiger partial charge on any atom is -0.322 e. The lowest BCUT2D eigenvalue weighted by atomic mass is 9.83. The molecule has 0 aliphatic carbocycles. The number of amides is 4. The first-order chi connectivity index (χ1) is 17.5. The number of rotatable bonds is 7. The lowest BCUT2D eigenvalue weighted by Crippen LogP contribution is -2.49. The van der Waals surface area contributed by atoms with Crippen molar-refractivity contribution in [2.24, 2.45) is 7.05 Å². The van der Waals surface area contributed by atoms with Crippen LogP contribution in [0.3, 0.4) is 0 Å². The molecule has 1 aliphatic rings. The Morgan fingerprint density at radius 2 is 1.47 bits per heavy atom. The predicted octanol–water partition coefficient (Wildman–Crippen LogP) is 3.71. The number of benzene rings is 3. The second-order valence-electron chi connectivity index (χ2n) is 8.23. The number of thioether (sulfide) groups is 1. The summed E-state index contributed by atoms with van der Waals surface area (Å²) in [5, 5.41) is 4.21. The molecule has 0 saturated carbocycles. The van der Waals surface area contributed by atoms with Gasteiger partial charge in [-0.2, -0.15) is 5.01 Å². The molecule has 8 nitrogen and oxygen atoms in total. The van der Waals surface area contributed by atoms with Crippen LogP contribution in [0, 0.1) is 0 Å². The number of carbonyl (C=O) groups is 3. The van der Waals surface area contributed by atoms with Gasteiger partial charge in [0.25, 0.3) is 5.91 Å². The number of aromatic nitrogens is 2. The van der Waals surface area contributed by atoms with E-state index in [1.807, 2.05) is 54.1 Å². The molecule has 0 bridgehead atoms. The van der Waals surface area contributed by atoms with Crippen LogP contribution in [0.25, 0.3) is 11.3 Å². The van der Waals surface area contributed by atoms with Gasteiger partial charge in [-0.25, -0.2) is 9.78 Å². The fraction of sp³-hybridized carbons (Fsp3) is 0.111. The fourth-order valence-electron chi connectivity index (χ4n) is 4.26. The third-order valence-corrected chi connectivity index (χ3v) is 7.06. The van der Waals surface area contributed by atoms with Crippen molar-refractivity contribution in [2.45, 2.75) is 10.7 Å². The van der Waals surface area contributed by atoms with E-state index in [2.05, 4.69) is 15.7 Å². The van der Waals surface area contributed by atoms with Gasteiger partial charge in [0.15, 0.2) is 10.7 Å². The molecule has 2 heterocycles. The molecular weight excluding hydrogens is 474 g/mol. The van der Waals surface area contributed by atoms with E-state index >= 15 is 0 Å². The van der Waals surface area contributed by atoms with Crippen molar-refractivity contribution >= 4 is 29.6 Å². The Morgan fingerprint density at radius 1 is 0.917 bits per heavy atom. The van der Waals surface area contributed by atoms with Gasteiger partial charge < -0.3 is 9.88 Å². The summed E-state index contributed by atoms with van der Waals surface area (Å²) in [6.45, 7) is 0. The standard InChI is InChI=1S/C27H23N5O3S/c1-31-22(19-11-5-2-6-12-19)17-28-26(31)36-18-23(33)30-32-24(34)27(29-25(32)35,20-13-7-3-8-14-20)21-15-9-4-10-16-21/h2-17H,18H2,1H3,(H,29,35)(H,30,33). The summed E-state index contributed by atoms with van der Waals surface area (Å²) >= 11 is 1.22. The summed E-state index contributed by atoms with van der Waals surface area (Å²) < 4.78 is 1.90. The monoisotopic (exact) mass is 497 g/mol. The topological polar surface area (TPSA) is 96.3 Å². The zero-order chi connectivity index (χ0) is 25.1. The van der Waals surface area contributed by atoms with Crippen molar-refractivity contribution in [3.05, 3.63) is 108 Å². The maximum absolute atomic E-state index is 13.7. The van der Waals surface area contributed by atoms with E-state index in [9.17, 15) is 14.4 Å². The molecule has 1 saturated heterocycles. The van der Waals surface area contributed by atoms with E-state index in [0.717, 1.165) is 16.3 Å². The predicted molar refractivity (Wildman–Crippen MR) is 137 cm³/mol. The Morgan fingerprint density at radius 3 is 2.06 bits per heavy atom. The van der Waals surface area contributed by atoms with Crippen molar-refractivity contribution in [1.82, 2.24) is 25.3 Å². The van der Waals surface area contributed by atoms with E-state index in [1.54, 1.807) is 54.7 Å². The lowest BCUT2D eigenvalue weighted by Gasteiger charge is -2.27. The quantitative estimate of drug-likeness (QED) is 0.300. The number of nitrogens with one attached hydrogen (secondary N) is 2. The summed E-state index contributed by atoms with van der Waals surface area (Å²) in [7, 11) is 1.88. The number of hydrazine groups is 1. The van der Waals surface area contributed by atoms with Crippen molar-refractivity contribution in [3.63, 3.8) is 0 Å². The second kappa shape index (κ2) is 9.71. The number of carbonyl (C=O) groups excluding carboxylic acids is 3. The molecule has 1 aromatic heterocycles. The largest absolute Gasteiger partial charge is 0.344 e. The third kappa shape index (κ3) is 4.14. The molecule has 3 aromatic carbocycles. The van der Waals surface area contributed by atoms with Crippen LogP contribution < -0.4 is 10.7 Å². The Labute approximate surface area is 212 Å². The minimum absolute atomic E-state index is 0.0280. The summed E-state index contributed by atoms with van der Waals surface area (Å²) in [6.07, 6.45) is 1.75. The van der Waals surface area contributed by atoms with Gasteiger partial charge in [0.2, 0.25) is 5.91 Å². The first kappa shape index (κ1) is 23.4. The number of urea groups is 1. The van der Waals surface area contributed by atoms with E-state index < -0.39 is 23.4 Å². The molecule has 1 fully saturated rings. The first-order valence-electron chi connectivity index (χ1n) is 11.3. The second-order valence-corrected chi connectivity index (χ2v) is 9.17. The van der Waals surface area contributed by atoms with Crippen LogP contribution in [0.5, 0.6) is 0 Å². The highest BCUT2D eigenvalue weighted by Crippen LogP contribution is 2.35. The molecule has 5 rings (SSSR count). The van der Waals surface area contributed by atoms with Gasteiger partial charge in [-0.3, -0.25) is 15.0 Å². The summed E-state index contributed by atoms with van der Waals surface area (Å²) in [5.74, 6) is -1.10. The average molecular weight is 498 g/mol. The van der Waals surface area contributed by atoms with Crippen LogP contribution >= 0.6 is 11.8 Å². The zero-order valence-electron chi connectivity index (χ0n) is 19.4. The normalized spacial score (nSPS) is 14.5. The number of nitrogens with zero attached hydrogens (tertiary/aromatic N) is 3. The highest BCUT2D eigenvalue weighted by Gasteiger charge is 2.54. The average Bonchev–Trinajstić information content (AvgIpc) is 3.41. The molecule has 4 amide bonds. The summed E-state index contributed by atoms with van der Waals surface area (Å²) in [4.78, 5) is 43.8. The van der Waals surface area contributed by atoms with E-state index in [0.29, 0.717) is 16.3 Å². The Balaban J connectivity index is 1.33. The van der Waals surface area contributed by atoms with E-state index in [1.165, 1.54) is 11.8 Å². The van der Waals surface area contributed by atoms with E-state index in [-0.39, 0.29) is 5.75 Å². The van der Waals surface area contributed by atoms with Crippen molar-refractivity contribution in [3.8, 4) is 11.3 Å². The van der Waals surface area contributed by atoms with Crippen molar-refractivity contribution in [1.29, 1.82) is 0 Å². The van der Waals surface area contributed by atoms with Gasteiger partial charge in [0.1, 0.15) is 0 Å². The van der Waals surface area contributed by atoms with Gasteiger partial charge in [-0.15, -0.1) is 0 Å². The van der Waals surface area contributed by atoms with Gasteiger partial charge >= 0.3 is 6.03 Å². The van der Waals surface area contributed by atoms with Crippen LogP contribution in [-0.4, -0.2) is 38.2 Å². The molecule has 4 aromatic rings. The molecular formula is C27H23N5O3S. The van der Waals surface area contributed by atoms with Crippen LogP contribution in [0.1, 0.15) is 11.1 Å². The molecule has 0 unspecified atom stereocenters. The molecule has 9 heteroatoms. The fourth-order valence-corrected chi connectivity index (χ4v) is 5.00. The van der Waals surface area contributed by atoms with E-state index in [4.69, 9.17) is 0 Å². The molecule has 36 heavy (non-hydrogen) atoms. The Hall–Kier alpha value is -4.37. The maximum atomic E-state index is 13.7. The Kier molecular flexibility index (Phi) is 6.30. The number of imidazole rings is 1. The number of imide groups is 1. The smallest absolute Gasteiger partial charge is 0.322 e. The van der Waals surface area contributed by atoms with Gasteiger partial charge in [-0.05, 0) is 16.7 Å². The highest BCUT2D eigenvalue weighted by molar-refractivity contribution is 7.99. The SMILES string of the molecule is Cn1c(-c2ccccc2)cnc1SCC(=O)NN1C(=O)NC(c2ccccc2)(c2ccccc2)C1=O. The van der Waals surface area contributed by atoms with Crippen molar-refractivity contribution in [2.75, 3.05) is 5.75 Å². The summed E-state index contributed by atoms with van der Waals surface area (Å²) in [5.41, 5.74) is 4.17. The van der Waals surface area contributed by atoms with Crippen LogP contribution in [0.2, 0.25) is 0 Å². The maximum Gasteiger partial charge on any atom is 0.344 e. The first-order valence-corrected chi connectivity index (χ1v) is 12.3. The molecule has 0 spiro atoms. The molecule has 0 radical (unpaired) electrons. The number of hydrogen-bond acceptors (Lipinski definition) is 5.